The summed E-state index contributed by atoms with van der Waals surface area (Å²) in [5.41, 5.74) is 1.75. The molecule has 1 aliphatic heterocycles. The predicted molar refractivity (Wildman–Crippen MR) is 62.9 cm³/mol. The van der Waals surface area contributed by atoms with Crippen LogP contribution in [0.1, 0.15) is 12.8 Å². The maximum absolute atomic E-state index is 11.5. The zero-order chi connectivity index (χ0) is 11.1. The number of para-hydroxylation sites is 2. The van der Waals surface area contributed by atoms with Crippen LogP contribution in [0.5, 0.6) is 0 Å². The van der Waals surface area contributed by atoms with E-state index in [1.54, 1.807) is 0 Å². The average Bonchev–Trinajstić information content (AvgIpc) is 3.10. The maximum Gasteiger partial charge on any atom is 0.244 e. The van der Waals surface area contributed by atoms with Crippen molar-refractivity contribution in [2.45, 2.75) is 12.8 Å². The third-order valence-corrected chi connectivity index (χ3v) is 3.03. The van der Waals surface area contributed by atoms with E-state index in [0.717, 1.165) is 24.2 Å². The molecule has 1 amide bonds. The van der Waals surface area contributed by atoms with Crippen molar-refractivity contribution in [2.24, 2.45) is 5.92 Å². The molecule has 4 nitrogen and oxygen atoms in total. The van der Waals surface area contributed by atoms with Gasteiger partial charge in [0, 0.05) is 5.92 Å². The number of fused-ring (bicyclic) bond motifs is 1. The minimum absolute atomic E-state index is 0.0379. The summed E-state index contributed by atoms with van der Waals surface area (Å²) in [5.74, 6) is 0.908. The Labute approximate surface area is 93.8 Å². The van der Waals surface area contributed by atoms with Gasteiger partial charge in [0.1, 0.15) is 12.4 Å². The van der Waals surface area contributed by atoms with Crippen molar-refractivity contribution >= 4 is 23.1 Å². The van der Waals surface area contributed by atoms with Crippen molar-refractivity contribution in [2.75, 3.05) is 16.8 Å². The highest BCUT2D eigenvalue weighted by Crippen LogP contribution is 2.36. The van der Waals surface area contributed by atoms with Gasteiger partial charge in [0.2, 0.25) is 5.91 Å². The standard InChI is InChI=1S/C12H13N3O/c13-12(8-5-6-8)15-7-11(16)14-9-3-1-2-4-10(9)15/h1-4,8,13H,5-7H2,(H,14,16). The maximum atomic E-state index is 11.5. The molecule has 16 heavy (non-hydrogen) atoms. The molecule has 4 heteroatoms. The Morgan fingerprint density at radius 2 is 2.12 bits per heavy atom. The second-order valence-corrected chi connectivity index (χ2v) is 4.31. The van der Waals surface area contributed by atoms with Gasteiger partial charge in [-0.25, -0.2) is 0 Å². The zero-order valence-electron chi connectivity index (χ0n) is 8.86. The fourth-order valence-electron chi connectivity index (χ4n) is 2.03. The molecule has 0 atom stereocenters. The van der Waals surface area contributed by atoms with Crippen LogP contribution < -0.4 is 10.2 Å². The SMILES string of the molecule is N=C(C1CC1)N1CC(=O)Nc2ccccc21. The topological polar surface area (TPSA) is 56.2 Å². The minimum Gasteiger partial charge on any atom is -0.323 e. The van der Waals surface area contributed by atoms with Crippen LogP contribution in [0, 0.1) is 11.3 Å². The van der Waals surface area contributed by atoms with Gasteiger partial charge in [-0.15, -0.1) is 0 Å². The zero-order valence-corrected chi connectivity index (χ0v) is 8.86. The van der Waals surface area contributed by atoms with E-state index in [1.807, 2.05) is 29.2 Å². The Kier molecular flexibility index (Phi) is 1.96. The number of amidine groups is 1. The van der Waals surface area contributed by atoms with E-state index in [0.29, 0.717) is 11.8 Å². The second-order valence-electron chi connectivity index (χ2n) is 4.31. The lowest BCUT2D eigenvalue weighted by Crippen LogP contribution is -2.42. The van der Waals surface area contributed by atoms with Crippen molar-refractivity contribution in [3.63, 3.8) is 0 Å². The monoisotopic (exact) mass is 215 g/mol. The van der Waals surface area contributed by atoms with Gasteiger partial charge in [-0.3, -0.25) is 10.2 Å². The molecule has 82 valence electrons. The third kappa shape index (κ3) is 1.46. The molecule has 1 aliphatic carbocycles. The number of hydrogen-bond donors (Lipinski definition) is 2. The van der Waals surface area contributed by atoms with Crippen molar-refractivity contribution < 1.29 is 4.79 Å². The summed E-state index contributed by atoms with van der Waals surface area (Å²) >= 11 is 0. The van der Waals surface area contributed by atoms with Gasteiger partial charge in [-0.1, -0.05) is 12.1 Å². The lowest BCUT2D eigenvalue weighted by molar-refractivity contribution is -0.115. The fourth-order valence-corrected chi connectivity index (χ4v) is 2.03. The van der Waals surface area contributed by atoms with Crippen molar-refractivity contribution in [1.82, 2.24) is 0 Å². The van der Waals surface area contributed by atoms with Crippen molar-refractivity contribution in [1.29, 1.82) is 5.41 Å². The van der Waals surface area contributed by atoms with Crippen molar-refractivity contribution in [3.8, 4) is 0 Å². The molecule has 1 aromatic carbocycles. The average molecular weight is 215 g/mol. The molecular formula is C12H13N3O. The first-order chi connectivity index (χ1) is 7.75. The first kappa shape index (κ1) is 9.39. The number of rotatable bonds is 1. The second kappa shape index (κ2) is 3.33. The van der Waals surface area contributed by atoms with Gasteiger partial charge in [0.05, 0.1) is 11.4 Å². The van der Waals surface area contributed by atoms with Gasteiger partial charge in [0.15, 0.2) is 0 Å². The summed E-state index contributed by atoms with van der Waals surface area (Å²) in [6.07, 6.45) is 2.16. The Balaban J connectivity index is 1.99. The Hall–Kier alpha value is -1.84. The molecule has 1 aromatic rings. The first-order valence-electron chi connectivity index (χ1n) is 5.50. The number of anilines is 2. The Morgan fingerprint density at radius 3 is 2.88 bits per heavy atom. The number of carbonyl (C=O) groups excluding carboxylic acids is 1. The molecule has 2 aliphatic rings. The molecule has 1 heterocycles. The Bertz CT molecular complexity index is 465. The van der Waals surface area contributed by atoms with Crippen LogP contribution >= 0.6 is 0 Å². The summed E-state index contributed by atoms with van der Waals surface area (Å²) in [4.78, 5) is 13.4. The lowest BCUT2D eigenvalue weighted by atomic mass is 10.1. The van der Waals surface area contributed by atoms with Gasteiger partial charge < -0.3 is 10.2 Å². The van der Waals surface area contributed by atoms with Crippen LogP contribution in [-0.4, -0.2) is 18.3 Å². The van der Waals surface area contributed by atoms with Gasteiger partial charge >= 0.3 is 0 Å². The molecule has 1 saturated carbocycles. The van der Waals surface area contributed by atoms with E-state index >= 15 is 0 Å². The van der Waals surface area contributed by atoms with E-state index in [-0.39, 0.29) is 12.5 Å². The number of nitrogens with one attached hydrogen (secondary N) is 2. The summed E-state index contributed by atoms with van der Waals surface area (Å²) in [7, 11) is 0. The number of carbonyl (C=O) groups is 1. The minimum atomic E-state index is -0.0379. The molecule has 3 rings (SSSR count). The van der Waals surface area contributed by atoms with E-state index in [4.69, 9.17) is 5.41 Å². The molecule has 0 aromatic heterocycles. The van der Waals surface area contributed by atoms with E-state index in [2.05, 4.69) is 5.32 Å². The number of nitrogens with zero attached hydrogens (tertiary/aromatic N) is 1. The molecule has 1 fully saturated rings. The number of hydrogen-bond acceptors (Lipinski definition) is 2. The fraction of sp³-hybridized carbons (Fsp3) is 0.333. The normalized spacial score (nSPS) is 19.0. The lowest BCUT2D eigenvalue weighted by Gasteiger charge is -2.31. The molecule has 0 radical (unpaired) electrons. The summed E-state index contributed by atoms with van der Waals surface area (Å²) < 4.78 is 0. The predicted octanol–water partition coefficient (Wildman–Crippen LogP) is 1.83. The Morgan fingerprint density at radius 1 is 1.38 bits per heavy atom. The highest BCUT2D eigenvalue weighted by atomic mass is 16.2. The van der Waals surface area contributed by atoms with Gasteiger partial charge in [-0.2, -0.15) is 0 Å². The largest absolute Gasteiger partial charge is 0.323 e. The highest BCUT2D eigenvalue weighted by molar-refractivity contribution is 6.11. The summed E-state index contributed by atoms with van der Waals surface area (Å²) in [6.45, 7) is 0.270. The quantitative estimate of drug-likeness (QED) is 0.554. The molecular weight excluding hydrogens is 202 g/mol. The highest BCUT2D eigenvalue weighted by Gasteiger charge is 2.34. The molecule has 0 saturated heterocycles. The van der Waals surface area contributed by atoms with Crippen molar-refractivity contribution in [3.05, 3.63) is 24.3 Å². The summed E-state index contributed by atoms with van der Waals surface area (Å²) in [5, 5.41) is 10.9. The smallest absolute Gasteiger partial charge is 0.244 e. The first-order valence-corrected chi connectivity index (χ1v) is 5.50. The van der Waals surface area contributed by atoms with E-state index in [1.165, 1.54) is 0 Å². The van der Waals surface area contributed by atoms with E-state index < -0.39 is 0 Å². The molecule has 2 N–H and O–H groups in total. The van der Waals surface area contributed by atoms with Crippen LogP contribution in [0.4, 0.5) is 11.4 Å². The molecule has 0 unspecified atom stereocenters. The van der Waals surface area contributed by atoms with Crippen LogP contribution in [0.2, 0.25) is 0 Å². The third-order valence-electron chi connectivity index (χ3n) is 3.03. The van der Waals surface area contributed by atoms with E-state index in [9.17, 15) is 4.79 Å². The van der Waals surface area contributed by atoms with Crippen LogP contribution in [0.3, 0.4) is 0 Å². The van der Waals surface area contributed by atoms with Gasteiger partial charge in [-0.05, 0) is 25.0 Å². The summed E-state index contributed by atoms with van der Waals surface area (Å²) in [6, 6.07) is 7.65. The molecule has 0 bridgehead atoms. The molecule has 0 spiro atoms. The van der Waals surface area contributed by atoms with Crippen LogP contribution in [0.15, 0.2) is 24.3 Å². The van der Waals surface area contributed by atoms with Gasteiger partial charge in [0.25, 0.3) is 0 Å². The number of amides is 1. The number of benzene rings is 1. The van der Waals surface area contributed by atoms with Crippen LogP contribution in [0.25, 0.3) is 0 Å². The van der Waals surface area contributed by atoms with Crippen LogP contribution in [-0.2, 0) is 4.79 Å².